The molecule has 0 aromatic rings. The topological polar surface area (TPSA) is 18.5 Å². The molecule has 0 N–H and O–H groups in total. The van der Waals surface area contributed by atoms with Crippen molar-refractivity contribution in [1.82, 2.24) is 0 Å². The fraction of sp³-hybridized carbons (Fsp3) is 1.00. The molecule has 74 valence electrons. The van der Waals surface area contributed by atoms with E-state index in [0.29, 0.717) is 12.7 Å². The molecule has 0 spiro atoms. The van der Waals surface area contributed by atoms with Crippen molar-refractivity contribution in [2.45, 2.75) is 39.7 Å². The van der Waals surface area contributed by atoms with Gasteiger partial charge in [-0.1, -0.05) is 13.8 Å². The summed E-state index contributed by atoms with van der Waals surface area (Å²) >= 11 is 0. The molecule has 0 rings (SSSR count). The van der Waals surface area contributed by atoms with Crippen molar-refractivity contribution >= 4 is 0 Å². The van der Waals surface area contributed by atoms with E-state index in [-0.39, 0.29) is 0 Å². The normalized spacial score (nSPS) is 13.8. The van der Waals surface area contributed by atoms with E-state index in [4.69, 9.17) is 9.47 Å². The highest BCUT2D eigenvalue weighted by Gasteiger charge is 2.02. The first-order valence-electron chi connectivity index (χ1n) is 4.77. The third-order valence-corrected chi connectivity index (χ3v) is 1.84. The average Bonchev–Trinajstić information content (AvgIpc) is 2.01. The van der Waals surface area contributed by atoms with Crippen molar-refractivity contribution in [1.29, 1.82) is 0 Å². The molecule has 2 nitrogen and oxygen atoms in total. The van der Waals surface area contributed by atoms with Gasteiger partial charge in [-0.05, 0) is 25.7 Å². The summed E-state index contributed by atoms with van der Waals surface area (Å²) in [4.78, 5) is 0. The Morgan fingerprint density at radius 2 is 1.67 bits per heavy atom. The van der Waals surface area contributed by atoms with Gasteiger partial charge >= 0.3 is 0 Å². The molecule has 12 heavy (non-hydrogen) atoms. The van der Waals surface area contributed by atoms with Crippen LogP contribution in [0.25, 0.3) is 0 Å². The molecule has 0 heterocycles. The number of rotatable bonds is 7. The van der Waals surface area contributed by atoms with Crippen LogP contribution in [0, 0.1) is 5.92 Å². The Hall–Kier alpha value is -0.0800. The van der Waals surface area contributed by atoms with E-state index in [1.807, 2.05) is 0 Å². The molecule has 0 amide bonds. The van der Waals surface area contributed by atoms with Crippen molar-refractivity contribution < 1.29 is 9.47 Å². The first kappa shape index (κ1) is 11.9. The van der Waals surface area contributed by atoms with Crippen LogP contribution in [0.1, 0.15) is 33.6 Å². The van der Waals surface area contributed by atoms with Gasteiger partial charge in [0.2, 0.25) is 0 Å². The molecule has 1 atom stereocenters. The summed E-state index contributed by atoms with van der Waals surface area (Å²) in [6.45, 7) is 8.02. The molecule has 0 saturated carbocycles. The van der Waals surface area contributed by atoms with Gasteiger partial charge in [-0.3, -0.25) is 0 Å². The molecule has 0 aromatic carbocycles. The van der Waals surface area contributed by atoms with Crippen molar-refractivity contribution in [2.24, 2.45) is 5.92 Å². The van der Waals surface area contributed by atoms with Gasteiger partial charge in [-0.25, -0.2) is 0 Å². The summed E-state index contributed by atoms with van der Waals surface area (Å²) < 4.78 is 10.4. The minimum atomic E-state index is 0.377. The van der Waals surface area contributed by atoms with Crippen LogP contribution >= 0.6 is 0 Å². The van der Waals surface area contributed by atoms with Crippen LogP contribution in [-0.4, -0.2) is 26.4 Å². The molecular weight excluding hydrogens is 152 g/mol. The monoisotopic (exact) mass is 174 g/mol. The second-order valence-corrected chi connectivity index (χ2v) is 3.65. The van der Waals surface area contributed by atoms with E-state index in [1.54, 1.807) is 7.11 Å². The maximum absolute atomic E-state index is 5.51. The Morgan fingerprint density at radius 1 is 1.00 bits per heavy atom. The SMILES string of the molecule is COCCOC(C)CCC(C)C. The maximum Gasteiger partial charge on any atom is 0.0703 e. The van der Waals surface area contributed by atoms with E-state index in [2.05, 4.69) is 20.8 Å². The zero-order chi connectivity index (χ0) is 9.40. The van der Waals surface area contributed by atoms with Gasteiger partial charge in [-0.15, -0.1) is 0 Å². The van der Waals surface area contributed by atoms with Crippen LogP contribution in [-0.2, 0) is 9.47 Å². The molecule has 0 saturated heterocycles. The second kappa shape index (κ2) is 7.56. The van der Waals surface area contributed by atoms with Crippen LogP contribution < -0.4 is 0 Å². The van der Waals surface area contributed by atoms with Crippen LogP contribution in [0.4, 0.5) is 0 Å². The van der Waals surface area contributed by atoms with Gasteiger partial charge in [0.15, 0.2) is 0 Å². The Balaban J connectivity index is 3.15. The number of ether oxygens (including phenoxy) is 2. The quantitative estimate of drug-likeness (QED) is 0.552. The van der Waals surface area contributed by atoms with Gasteiger partial charge in [-0.2, -0.15) is 0 Å². The fourth-order valence-corrected chi connectivity index (χ4v) is 0.984. The van der Waals surface area contributed by atoms with Gasteiger partial charge < -0.3 is 9.47 Å². The third-order valence-electron chi connectivity index (χ3n) is 1.84. The molecule has 0 aliphatic rings. The Kier molecular flexibility index (Phi) is 7.51. The third kappa shape index (κ3) is 8.02. The summed E-state index contributed by atoms with van der Waals surface area (Å²) in [5.41, 5.74) is 0. The highest BCUT2D eigenvalue weighted by molar-refractivity contribution is 4.53. The van der Waals surface area contributed by atoms with Crippen molar-refractivity contribution in [3.63, 3.8) is 0 Å². The van der Waals surface area contributed by atoms with Crippen molar-refractivity contribution in [3.8, 4) is 0 Å². The average molecular weight is 174 g/mol. The van der Waals surface area contributed by atoms with E-state index < -0.39 is 0 Å². The van der Waals surface area contributed by atoms with Gasteiger partial charge in [0, 0.05) is 7.11 Å². The molecule has 0 bridgehead atoms. The summed E-state index contributed by atoms with van der Waals surface area (Å²) in [7, 11) is 1.70. The largest absolute Gasteiger partial charge is 0.382 e. The van der Waals surface area contributed by atoms with Crippen LogP contribution in [0.2, 0.25) is 0 Å². The van der Waals surface area contributed by atoms with Gasteiger partial charge in [0.05, 0.1) is 19.3 Å². The van der Waals surface area contributed by atoms with Gasteiger partial charge in [0.25, 0.3) is 0 Å². The Labute approximate surface area is 76.3 Å². The van der Waals surface area contributed by atoms with Crippen LogP contribution in [0.3, 0.4) is 0 Å². The predicted molar refractivity (Wildman–Crippen MR) is 51.4 cm³/mol. The summed E-state index contributed by atoms with van der Waals surface area (Å²) in [6, 6.07) is 0. The lowest BCUT2D eigenvalue weighted by atomic mass is 10.1. The minimum absolute atomic E-state index is 0.377. The zero-order valence-electron chi connectivity index (χ0n) is 8.80. The molecule has 0 fully saturated rings. The fourth-order valence-electron chi connectivity index (χ4n) is 0.984. The molecule has 0 aliphatic heterocycles. The molecule has 1 unspecified atom stereocenters. The van der Waals surface area contributed by atoms with Crippen LogP contribution in [0.5, 0.6) is 0 Å². The Morgan fingerprint density at radius 3 is 2.17 bits per heavy atom. The van der Waals surface area contributed by atoms with Crippen LogP contribution in [0.15, 0.2) is 0 Å². The van der Waals surface area contributed by atoms with E-state index in [0.717, 1.165) is 18.9 Å². The van der Waals surface area contributed by atoms with Crippen molar-refractivity contribution in [2.75, 3.05) is 20.3 Å². The van der Waals surface area contributed by atoms with E-state index in [1.165, 1.54) is 6.42 Å². The standard InChI is InChI=1S/C10H22O2/c1-9(2)5-6-10(3)12-8-7-11-4/h9-10H,5-8H2,1-4H3. The van der Waals surface area contributed by atoms with E-state index >= 15 is 0 Å². The lowest BCUT2D eigenvalue weighted by Gasteiger charge is -2.13. The molecular formula is C10H22O2. The molecule has 0 aromatic heterocycles. The Bertz CT molecular complexity index is 91.8. The molecule has 2 heteroatoms. The predicted octanol–water partition coefficient (Wildman–Crippen LogP) is 2.47. The summed E-state index contributed by atoms with van der Waals surface area (Å²) in [5, 5.41) is 0. The van der Waals surface area contributed by atoms with Gasteiger partial charge in [0.1, 0.15) is 0 Å². The smallest absolute Gasteiger partial charge is 0.0703 e. The number of hydrogen-bond acceptors (Lipinski definition) is 2. The summed E-state index contributed by atoms with van der Waals surface area (Å²) in [6.07, 6.45) is 2.78. The first-order valence-corrected chi connectivity index (χ1v) is 4.77. The number of hydrogen-bond donors (Lipinski definition) is 0. The molecule has 0 radical (unpaired) electrons. The zero-order valence-corrected chi connectivity index (χ0v) is 8.80. The minimum Gasteiger partial charge on any atom is -0.382 e. The highest BCUT2D eigenvalue weighted by atomic mass is 16.5. The summed E-state index contributed by atoms with van der Waals surface area (Å²) in [5.74, 6) is 0.776. The first-order chi connectivity index (χ1) is 5.66. The molecule has 0 aliphatic carbocycles. The number of methoxy groups -OCH3 is 1. The lowest BCUT2D eigenvalue weighted by molar-refractivity contribution is 0.0203. The van der Waals surface area contributed by atoms with Crippen molar-refractivity contribution in [3.05, 3.63) is 0 Å². The highest BCUT2D eigenvalue weighted by Crippen LogP contribution is 2.08. The maximum atomic E-state index is 5.51. The second-order valence-electron chi connectivity index (χ2n) is 3.65. The van der Waals surface area contributed by atoms with E-state index in [9.17, 15) is 0 Å². The lowest BCUT2D eigenvalue weighted by Crippen LogP contribution is -2.12.